The summed E-state index contributed by atoms with van der Waals surface area (Å²) in [6, 6.07) is 70.8. The Morgan fingerprint density at radius 2 is 1.05 bits per heavy atom. The third-order valence-electron chi connectivity index (χ3n) is 11.3. The Labute approximate surface area is 347 Å². The van der Waals surface area contributed by atoms with Gasteiger partial charge in [-0.1, -0.05) is 140 Å². The molecule has 0 aliphatic carbocycles. The number of anilines is 3. The maximum absolute atomic E-state index is 5.17. The average molecular weight is 793 g/mol. The molecule has 3 aromatic heterocycles. The molecule has 272 valence electrons. The Hall–Kier alpha value is -6.63. The van der Waals surface area contributed by atoms with Crippen molar-refractivity contribution in [3.63, 3.8) is 0 Å². The predicted molar refractivity (Wildman–Crippen MR) is 254 cm³/mol. The number of fused-ring (bicyclic) bond motifs is 9. The number of thiophene rings is 2. The maximum atomic E-state index is 5.17. The van der Waals surface area contributed by atoms with E-state index in [-0.39, 0.29) is 0 Å². The summed E-state index contributed by atoms with van der Waals surface area (Å²) in [5, 5.41) is 8.70. The summed E-state index contributed by atoms with van der Waals surface area (Å²) in [6.45, 7) is 0. The molecule has 0 atom stereocenters. The van der Waals surface area contributed by atoms with Gasteiger partial charge in [0.25, 0.3) is 0 Å². The summed E-state index contributed by atoms with van der Waals surface area (Å²) in [5.74, 6) is 0. The fourth-order valence-electron chi connectivity index (χ4n) is 8.54. The number of nitrogens with zero attached hydrogens (tertiary/aromatic N) is 2. The molecule has 0 saturated carbocycles. The van der Waals surface area contributed by atoms with Gasteiger partial charge in [0.2, 0.25) is 0 Å². The maximum Gasteiger partial charge on any atom is 0.124 e. The molecule has 0 saturated heterocycles. The first-order valence-corrected chi connectivity index (χ1v) is 21.9. The van der Waals surface area contributed by atoms with Crippen molar-refractivity contribution in [3.8, 4) is 32.8 Å². The van der Waals surface area contributed by atoms with E-state index in [1.807, 2.05) is 22.7 Å². The first-order chi connectivity index (χ1) is 28.7. The highest BCUT2D eigenvalue weighted by Gasteiger charge is 2.19. The largest absolute Gasteiger partial charge is 0.309 e. The molecule has 0 aliphatic rings. The summed E-state index contributed by atoms with van der Waals surface area (Å²) in [6.07, 6.45) is 0. The first-order valence-electron chi connectivity index (χ1n) is 19.4. The lowest BCUT2D eigenvalue weighted by atomic mass is 9.98. The number of hydrogen-bond donors (Lipinski definition) is 0. The Morgan fingerprint density at radius 1 is 0.379 bits per heavy atom. The average Bonchev–Trinajstić information content (AvgIpc) is 4.01. The van der Waals surface area contributed by atoms with Crippen LogP contribution in [0.5, 0.6) is 0 Å². The number of hydrogen-bond acceptors (Lipinski definition) is 5. The van der Waals surface area contributed by atoms with Gasteiger partial charge in [0, 0.05) is 52.6 Å². The lowest BCUT2D eigenvalue weighted by molar-refractivity contribution is 1.30. The first kappa shape index (κ1) is 33.5. The van der Waals surface area contributed by atoms with Gasteiger partial charge >= 0.3 is 0 Å². The summed E-state index contributed by atoms with van der Waals surface area (Å²) >= 11 is 5.49. The Morgan fingerprint density at radius 3 is 1.90 bits per heavy atom. The quantitative estimate of drug-likeness (QED) is 0.167. The molecule has 5 heteroatoms. The molecule has 12 aromatic rings. The molecular weight excluding hydrogens is 761 g/mol. The van der Waals surface area contributed by atoms with E-state index in [9.17, 15) is 0 Å². The van der Waals surface area contributed by atoms with Crippen LogP contribution in [-0.4, -0.2) is 4.98 Å². The monoisotopic (exact) mass is 792 g/mol. The van der Waals surface area contributed by atoms with Gasteiger partial charge in [-0.25, -0.2) is 4.98 Å². The molecule has 12 rings (SSSR count). The molecule has 58 heavy (non-hydrogen) atoms. The number of thiazole rings is 1. The lowest BCUT2D eigenvalue weighted by Gasteiger charge is -2.26. The van der Waals surface area contributed by atoms with Gasteiger partial charge in [0.1, 0.15) is 5.01 Å². The molecule has 2 nitrogen and oxygen atoms in total. The van der Waals surface area contributed by atoms with Crippen LogP contribution in [-0.2, 0) is 0 Å². The van der Waals surface area contributed by atoms with Crippen molar-refractivity contribution >= 4 is 112 Å². The fourth-order valence-corrected chi connectivity index (χ4v) is 11.9. The van der Waals surface area contributed by atoms with Crippen LogP contribution in [0.3, 0.4) is 0 Å². The van der Waals surface area contributed by atoms with Crippen molar-refractivity contribution in [2.75, 3.05) is 4.90 Å². The van der Waals surface area contributed by atoms with Crippen LogP contribution in [0.2, 0.25) is 0 Å². The summed E-state index contributed by atoms with van der Waals surface area (Å²) in [5.41, 5.74) is 10.5. The summed E-state index contributed by atoms with van der Waals surface area (Å²) in [7, 11) is 0. The molecule has 0 radical (unpaired) electrons. The van der Waals surface area contributed by atoms with Crippen molar-refractivity contribution in [3.05, 3.63) is 194 Å². The van der Waals surface area contributed by atoms with Crippen molar-refractivity contribution in [1.82, 2.24) is 4.98 Å². The topological polar surface area (TPSA) is 16.1 Å². The molecule has 0 aliphatic heterocycles. The minimum absolute atomic E-state index is 1.07. The number of aromatic nitrogens is 1. The summed E-state index contributed by atoms with van der Waals surface area (Å²) in [4.78, 5) is 7.60. The van der Waals surface area contributed by atoms with Gasteiger partial charge in [-0.05, 0) is 87.6 Å². The minimum Gasteiger partial charge on any atom is -0.309 e. The predicted octanol–water partition coefficient (Wildman–Crippen LogP) is 16.7. The Balaban J connectivity index is 0.949. The molecule has 0 amide bonds. The van der Waals surface area contributed by atoms with Gasteiger partial charge < -0.3 is 4.90 Å². The Kier molecular flexibility index (Phi) is 7.80. The highest BCUT2D eigenvalue weighted by atomic mass is 32.1. The standard InChI is InChI=1S/C53H32N2S3/c1-2-11-36(12-3-1)53-54-51-48(58-53)31-30-47-50(51)44-29-24-37(32-49(44)56-47)33-20-25-38(26-21-33)55(45-18-9-17-43-42-15-6-7-19-46(42)57-52(43)45)39-27-22-35(23-28-39)41-16-8-13-34-10-4-5-14-40(34)41/h1-32H. The van der Waals surface area contributed by atoms with E-state index < -0.39 is 0 Å². The van der Waals surface area contributed by atoms with Crippen LogP contribution >= 0.6 is 34.0 Å². The highest BCUT2D eigenvalue weighted by molar-refractivity contribution is 7.27. The molecular formula is C53H32N2S3. The van der Waals surface area contributed by atoms with E-state index in [1.165, 1.54) is 89.3 Å². The van der Waals surface area contributed by atoms with Crippen molar-refractivity contribution < 1.29 is 0 Å². The normalized spacial score (nSPS) is 11.8. The van der Waals surface area contributed by atoms with Crippen LogP contribution in [0.25, 0.3) is 94.2 Å². The number of rotatable bonds is 6. The van der Waals surface area contributed by atoms with Crippen molar-refractivity contribution in [1.29, 1.82) is 0 Å². The molecule has 0 N–H and O–H groups in total. The van der Waals surface area contributed by atoms with Gasteiger partial charge in [-0.2, -0.15) is 0 Å². The minimum atomic E-state index is 1.07. The van der Waals surface area contributed by atoms with Gasteiger partial charge in [-0.3, -0.25) is 0 Å². The third kappa shape index (κ3) is 5.47. The van der Waals surface area contributed by atoms with E-state index in [1.54, 1.807) is 11.3 Å². The third-order valence-corrected chi connectivity index (χ3v) is 14.7. The van der Waals surface area contributed by atoms with E-state index in [0.717, 1.165) is 21.9 Å². The van der Waals surface area contributed by atoms with E-state index >= 15 is 0 Å². The molecule has 3 heterocycles. The van der Waals surface area contributed by atoms with E-state index in [4.69, 9.17) is 4.98 Å². The molecule has 0 spiro atoms. The van der Waals surface area contributed by atoms with Crippen molar-refractivity contribution in [2.45, 2.75) is 0 Å². The number of benzene rings is 9. The SMILES string of the molecule is c1ccc(-c2nc3c(ccc4sc5cc(-c6ccc(N(c7ccc(-c8cccc9ccccc89)cc7)c7cccc8c7sc7ccccc78)cc6)ccc5c43)s2)cc1. The van der Waals surface area contributed by atoms with E-state index in [2.05, 4.69) is 199 Å². The van der Waals surface area contributed by atoms with Crippen molar-refractivity contribution in [2.24, 2.45) is 0 Å². The van der Waals surface area contributed by atoms with Crippen LogP contribution in [0.15, 0.2) is 194 Å². The second-order valence-corrected chi connectivity index (χ2v) is 17.9. The van der Waals surface area contributed by atoms with Gasteiger partial charge in [-0.15, -0.1) is 34.0 Å². The summed E-state index contributed by atoms with van der Waals surface area (Å²) < 4.78 is 6.37. The highest BCUT2D eigenvalue weighted by Crippen LogP contribution is 2.46. The molecule has 0 fully saturated rings. The molecule has 0 bridgehead atoms. The molecule has 0 unspecified atom stereocenters. The zero-order valence-corrected chi connectivity index (χ0v) is 33.5. The molecule has 9 aromatic carbocycles. The van der Waals surface area contributed by atoms with Crippen LogP contribution in [0.4, 0.5) is 17.1 Å². The van der Waals surface area contributed by atoms with Gasteiger partial charge in [0.15, 0.2) is 0 Å². The second-order valence-electron chi connectivity index (χ2n) is 14.7. The van der Waals surface area contributed by atoms with Gasteiger partial charge in [0.05, 0.1) is 20.6 Å². The second kappa shape index (κ2) is 13.5. The van der Waals surface area contributed by atoms with Crippen LogP contribution in [0, 0.1) is 0 Å². The zero-order valence-electron chi connectivity index (χ0n) is 31.1. The van der Waals surface area contributed by atoms with Crippen LogP contribution < -0.4 is 4.90 Å². The fraction of sp³-hybridized carbons (Fsp3) is 0. The van der Waals surface area contributed by atoms with Crippen LogP contribution in [0.1, 0.15) is 0 Å². The lowest BCUT2D eigenvalue weighted by Crippen LogP contribution is -2.10. The Bertz CT molecular complexity index is 3500. The smallest absolute Gasteiger partial charge is 0.124 e. The zero-order chi connectivity index (χ0) is 38.2. The van der Waals surface area contributed by atoms with E-state index in [0.29, 0.717) is 0 Å².